The highest BCUT2D eigenvalue weighted by atomic mass is 32.2. The number of benzene rings is 1. The van der Waals surface area contributed by atoms with Gasteiger partial charge in [0, 0.05) is 38.1 Å². The summed E-state index contributed by atoms with van der Waals surface area (Å²) in [5, 5.41) is 2.92. The molecule has 2 amide bonds. The minimum atomic E-state index is -3.80. The van der Waals surface area contributed by atoms with Crippen LogP contribution in [0.25, 0.3) is 0 Å². The predicted octanol–water partition coefficient (Wildman–Crippen LogP) is 2.91. The van der Waals surface area contributed by atoms with E-state index in [1.54, 1.807) is 4.90 Å². The number of piperidine rings is 1. The van der Waals surface area contributed by atoms with Gasteiger partial charge in [0.05, 0.1) is 5.92 Å². The number of hydrogen-bond acceptors (Lipinski definition) is 4. The monoisotopic (exact) mass is 458 g/mol. The molecule has 1 aromatic heterocycles. The number of sulfonamides is 1. The number of hydrogen-bond donors (Lipinski definition) is 2. The quantitative estimate of drug-likeness (QED) is 0.719. The maximum absolute atomic E-state index is 13.2. The summed E-state index contributed by atoms with van der Waals surface area (Å²) in [6.45, 7) is 5.87. The summed E-state index contributed by atoms with van der Waals surface area (Å²) < 4.78 is 27.8. The fourth-order valence-electron chi connectivity index (χ4n) is 4.32. The largest absolute Gasteiger partial charge is 0.356 e. The molecule has 1 aromatic carbocycles. The average Bonchev–Trinajstić information content (AvgIpc) is 3.49. The molecule has 2 fully saturated rings. The predicted molar refractivity (Wildman–Crippen MR) is 122 cm³/mol. The van der Waals surface area contributed by atoms with Crippen molar-refractivity contribution in [2.45, 2.75) is 44.4 Å². The molecule has 1 unspecified atom stereocenters. The molecule has 0 spiro atoms. The van der Waals surface area contributed by atoms with Crippen LogP contribution in [0.15, 0.2) is 35.4 Å². The molecule has 9 heteroatoms. The van der Waals surface area contributed by atoms with Crippen LogP contribution in [0.2, 0.25) is 0 Å². The lowest BCUT2D eigenvalue weighted by molar-refractivity contribution is -0.120. The van der Waals surface area contributed by atoms with Gasteiger partial charge in [-0.1, -0.05) is 6.07 Å². The van der Waals surface area contributed by atoms with Gasteiger partial charge in [-0.15, -0.1) is 0 Å². The van der Waals surface area contributed by atoms with Crippen molar-refractivity contribution in [3.63, 3.8) is 0 Å². The minimum Gasteiger partial charge on any atom is -0.356 e. The van der Waals surface area contributed by atoms with Crippen LogP contribution in [-0.4, -0.2) is 60.6 Å². The Morgan fingerprint density at radius 1 is 1.03 bits per heavy atom. The van der Waals surface area contributed by atoms with Gasteiger partial charge in [-0.25, -0.2) is 8.42 Å². The van der Waals surface area contributed by atoms with Crippen molar-refractivity contribution in [1.29, 1.82) is 0 Å². The zero-order valence-electron chi connectivity index (χ0n) is 18.6. The molecular weight excluding hydrogens is 428 g/mol. The highest BCUT2D eigenvalue weighted by Crippen LogP contribution is 2.26. The Kier molecular flexibility index (Phi) is 6.39. The molecule has 2 N–H and O–H groups in total. The first-order valence-electron chi connectivity index (χ1n) is 11.1. The van der Waals surface area contributed by atoms with E-state index in [0.717, 1.165) is 24.0 Å². The number of likely N-dealkylation sites (tertiary alicyclic amines) is 1. The van der Waals surface area contributed by atoms with Crippen LogP contribution in [0.3, 0.4) is 0 Å². The summed E-state index contributed by atoms with van der Waals surface area (Å²) >= 11 is 0. The highest BCUT2D eigenvalue weighted by molar-refractivity contribution is 7.89. The summed E-state index contributed by atoms with van der Waals surface area (Å²) in [6.07, 6.45) is 4.55. The summed E-state index contributed by atoms with van der Waals surface area (Å²) in [5.74, 6) is -0.773. The number of aromatic nitrogens is 1. The third kappa shape index (κ3) is 4.59. The van der Waals surface area contributed by atoms with E-state index in [0.29, 0.717) is 38.2 Å². The molecule has 172 valence electrons. The number of carbonyl (C=O) groups is 2. The molecule has 0 saturated carbocycles. The van der Waals surface area contributed by atoms with Gasteiger partial charge >= 0.3 is 0 Å². The van der Waals surface area contributed by atoms with Crippen molar-refractivity contribution in [3.8, 4) is 0 Å². The van der Waals surface area contributed by atoms with E-state index < -0.39 is 15.9 Å². The van der Waals surface area contributed by atoms with Crippen LogP contribution in [0, 0.1) is 19.8 Å². The van der Waals surface area contributed by atoms with Gasteiger partial charge in [0.1, 0.15) is 10.6 Å². The smallest absolute Gasteiger partial charge is 0.270 e. The van der Waals surface area contributed by atoms with E-state index in [1.807, 2.05) is 32.0 Å². The Labute approximate surface area is 189 Å². The van der Waals surface area contributed by atoms with Crippen molar-refractivity contribution in [1.82, 2.24) is 14.2 Å². The first-order chi connectivity index (χ1) is 15.3. The second-order valence-corrected chi connectivity index (χ2v) is 10.7. The number of amides is 2. The van der Waals surface area contributed by atoms with E-state index in [-0.39, 0.29) is 28.9 Å². The number of aryl methyl sites for hydroxylation is 2. The van der Waals surface area contributed by atoms with Crippen molar-refractivity contribution in [2.75, 3.05) is 31.5 Å². The van der Waals surface area contributed by atoms with E-state index in [9.17, 15) is 18.0 Å². The number of rotatable bonds is 5. The van der Waals surface area contributed by atoms with Crippen molar-refractivity contribution >= 4 is 27.5 Å². The first-order valence-corrected chi connectivity index (χ1v) is 12.6. The molecule has 2 aliphatic heterocycles. The number of carbonyl (C=O) groups excluding carboxylic acids is 2. The van der Waals surface area contributed by atoms with Crippen LogP contribution in [0.5, 0.6) is 0 Å². The SMILES string of the molecule is Cc1ccc(NC(=O)C2CCCN(S(=O)(=O)c3c[nH]c(C(=O)N4CCCC4)c3)C2)cc1C. The maximum atomic E-state index is 13.2. The van der Waals surface area contributed by atoms with Crippen LogP contribution >= 0.6 is 0 Å². The summed E-state index contributed by atoms with van der Waals surface area (Å²) in [6, 6.07) is 7.14. The Hall–Kier alpha value is -2.65. The van der Waals surface area contributed by atoms with Gasteiger partial charge in [0.15, 0.2) is 0 Å². The maximum Gasteiger partial charge on any atom is 0.270 e. The standard InChI is InChI=1S/C23H30N4O4S/c1-16-7-8-19(12-17(16)2)25-22(28)18-6-5-11-27(15-18)32(30,31)20-13-21(24-14-20)23(29)26-9-3-4-10-26/h7-8,12-14,18,24H,3-6,9-11,15H2,1-2H3,(H,25,28). The van der Waals surface area contributed by atoms with Crippen LogP contribution in [0.4, 0.5) is 5.69 Å². The van der Waals surface area contributed by atoms with E-state index in [4.69, 9.17) is 0 Å². The third-order valence-corrected chi connectivity index (χ3v) is 8.29. The van der Waals surface area contributed by atoms with Crippen LogP contribution in [0.1, 0.15) is 47.3 Å². The van der Waals surface area contributed by atoms with Crippen molar-refractivity contribution in [2.24, 2.45) is 5.92 Å². The highest BCUT2D eigenvalue weighted by Gasteiger charge is 2.34. The first kappa shape index (κ1) is 22.5. The zero-order valence-corrected chi connectivity index (χ0v) is 19.4. The Bertz CT molecular complexity index is 1120. The van der Waals surface area contributed by atoms with Gasteiger partial charge in [-0.05, 0) is 68.9 Å². The Morgan fingerprint density at radius 2 is 1.78 bits per heavy atom. The fraction of sp³-hybridized carbons (Fsp3) is 0.478. The summed E-state index contributed by atoms with van der Waals surface area (Å²) in [5.41, 5.74) is 3.23. The molecule has 1 atom stereocenters. The molecule has 8 nitrogen and oxygen atoms in total. The fourth-order valence-corrected chi connectivity index (χ4v) is 5.84. The van der Waals surface area contributed by atoms with Gasteiger partial charge < -0.3 is 15.2 Å². The molecule has 2 aliphatic rings. The molecule has 0 radical (unpaired) electrons. The molecule has 2 saturated heterocycles. The van der Waals surface area contributed by atoms with E-state index in [1.165, 1.54) is 16.6 Å². The topological polar surface area (TPSA) is 103 Å². The van der Waals surface area contributed by atoms with Gasteiger partial charge in [0.2, 0.25) is 15.9 Å². The van der Waals surface area contributed by atoms with Crippen LogP contribution < -0.4 is 5.32 Å². The number of nitrogens with one attached hydrogen (secondary N) is 2. The van der Waals surface area contributed by atoms with Gasteiger partial charge in [0.25, 0.3) is 5.91 Å². The Morgan fingerprint density at radius 3 is 2.50 bits per heavy atom. The van der Waals surface area contributed by atoms with Crippen molar-refractivity contribution < 1.29 is 18.0 Å². The minimum absolute atomic E-state index is 0.0651. The second-order valence-electron chi connectivity index (χ2n) is 8.74. The van der Waals surface area contributed by atoms with E-state index in [2.05, 4.69) is 10.3 Å². The van der Waals surface area contributed by atoms with E-state index >= 15 is 0 Å². The average molecular weight is 459 g/mol. The number of aromatic amines is 1. The Balaban J connectivity index is 1.44. The molecule has 32 heavy (non-hydrogen) atoms. The van der Waals surface area contributed by atoms with Crippen LogP contribution in [-0.2, 0) is 14.8 Å². The summed E-state index contributed by atoms with van der Waals surface area (Å²) in [7, 11) is -3.80. The number of nitrogens with zero attached hydrogens (tertiary/aromatic N) is 2. The second kappa shape index (κ2) is 9.07. The number of H-pyrrole nitrogens is 1. The molecule has 3 heterocycles. The third-order valence-electron chi connectivity index (χ3n) is 6.45. The van der Waals surface area contributed by atoms with Gasteiger partial charge in [-0.2, -0.15) is 4.31 Å². The van der Waals surface area contributed by atoms with Crippen molar-refractivity contribution in [3.05, 3.63) is 47.3 Å². The molecule has 4 rings (SSSR count). The molecular formula is C23H30N4O4S. The molecule has 0 bridgehead atoms. The lowest BCUT2D eigenvalue weighted by Gasteiger charge is -2.31. The molecule has 0 aliphatic carbocycles. The zero-order chi connectivity index (χ0) is 22.9. The lowest BCUT2D eigenvalue weighted by atomic mass is 9.98. The number of anilines is 1. The normalized spacial score (nSPS) is 19.8. The van der Waals surface area contributed by atoms with Gasteiger partial charge in [-0.3, -0.25) is 9.59 Å². The lowest BCUT2D eigenvalue weighted by Crippen LogP contribution is -2.43. The molecule has 2 aromatic rings. The summed E-state index contributed by atoms with van der Waals surface area (Å²) in [4.78, 5) is 30.0.